The van der Waals surface area contributed by atoms with E-state index in [1.165, 1.54) is 0 Å². The Morgan fingerprint density at radius 3 is 2.68 bits per heavy atom. The summed E-state index contributed by atoms with van der Waals surface area (Å²) in [5.41, 5.74) is 1.74. The maximum Gasteiger partial charge on any atom is 0.146 e. The van der Waals surface area contributed by atoms with Crippen molar-refractivity contribution in [1.82, 2.24) is 0 Å². The molecule has 96 valence electrons. The van der Waals surface area contributed by atoms with Gasteiger partial charge in [0.15, 0.2) is 0 Å². The quantitative estimate of drug-likeness (QED) is 0.749. The van der Waals surface area contributed by atoms with Gasteiger partial charge in [-0.2, -0.15) is 5.26 Å². The SMILES string of the molecule is CCSc1cccc(Oc2cccc(C)c2)c1C#N. The number of benzene rings is 2. The van der Waals surface area contributed by atoms with Crippen LogP contribution in [-0.2, 0) is 0 Å². The molecule has 0 aliphatic heterocycles. The molecule has 0 aliphatic rings. The molecule has 2 rings (SSSR count). The number of aryl methyl sites for hydroxylation is 1. The third-order valence-corrected chi connectivity index (χ3v) is 3.56. The fourth-order valence-corrected chi connectivity index (χ4v) is 2.56. The van der Waals surface area contributed by atoms with Gasteiger partial charge in [-0.1, -0.05) is 25.1 Å². The summed E-state index contributed by atoms with van der Waals surface area (Å²) in [6.45, 7) is 4.08. The second-order valence-electron chi connectivity index (χ2n) is 4.09. The van der Waals surface area contributed by atoms with E-state index in [2.05, 4.69) is 13.0 Å². The van der Waals surface area contributed by atoms with Crippen LogP contribution in [-0.4, -0.2) is 5.75 Å². The highest BCUT2D eigenvalue weighted by molar-refractivity contribution is 7.99. The van der Waals surface area contributed by atoms with Crippen LogP contribution in [0.5, 0.6) is 11.5 Å². The Morgan fingerprint density at radius 1 is 1.21 bits per heavy atom. The van der Waals surface area contributed by atoms with E-state index in [1.807, 2.05) is 49.4 Å². The summed E-state index contributed by atoms with van der Waals surface area (Å²) in [6.07, 6.45) is 0. The molecular formula is C16H15NOS. The van der Waals surface area contributed by atoms with Gasteiger partial charge in [-0.25, -0.2) is 0 Å². The molecule has 0 aromatic heterocycles. The Bertz CT molecular complexity index is 616. The molecule has 19 heavy (non-hydrogen) atoms. The van der Waals surface area contributed by atoms with Gasteiger partial charge < -0.3 is 4.74 Å². The number of hydrogen-bond donors (Lipinski definition) is 0. The van der Waals surface area contributed by atoms with E-state index in [0.29, 0.717) is 11.3 Å². The average molecular weight is 269 g/mol. The second kappa shape index (κ2) is 6.31. The van der Waals surface area contributed by atoms with Gasteiger partial charge in [0.2, 0.25) is 0 Å². The van der Waals surface area contributed by atoms with Crippen LogP contribution in [0.1, 0.15) is 18.1 Å². The van der Waals surface area contributed by atoms with Gasteiger partial charge in [-0.15, -0.1) is 11.8 Å². The third-order valence-electron chi connectivity index (χ3n) is 2.62. The van der Waals surface area contributed by atoms with Gasteiger partial charge in [0.25, 0.3) is 0 Å². The number of nitrogens with zero attached hydrogens (tertiary/aromatic N) is 1. The number of hydrogen-bond acceptors (Lipinski definition) is 3. The Morgan fingerprint density at radius 2 is 2.00 bits per heavy atom. The predicted octanol–water partition coefficient (Wildman–Crippen LogP) is 4.77. The fraction of sp³-hybridized carbons (Fsp3) is 0.188. The summed E-state index contributed by atoms with van der Waals surface area (Å²) in [6, 6.07) is 15.8. The average Bonchev–Trinajstić information content (AvgIpc) is 2.39. The van der Waals surface area contributed by atoms with Crippen molar-refractivity contribution in [3.05, 3.63) is 53.6 Å². The van der Waals surface area contributed by atoms with Crippen LogP contribution in [0.2, 0.25) is 0 Å². The standard InChI is InChI=1S/C16H15NOS/c1-3-19-16-9-5-8-15(14(16)11-17)18-13-7-4-6-12(2)10-13/h4-10H,3H2,1-2H3. The minimum absolute atomic E-state index is 0.607. The lowest BCUT2D eigenvalue weighted by Gasteiger charge is -2.10. The Hall–Kier alpha value is -1.92. The fourth-order valence-electron chi connectivity index (χ4n) is 1.79. The number of ether oxygens (including phenoxy) is 1. The molecule has 2 aromatic carbocycles. The molecule has 0 bridgehead atoms. The second-order valence-corrected chi connectivity index (χ2v) is 5.40. The van der Waals surface area contributed by atoms with Crippen LogP contribution in [0, 0.1) is 18.3 Å². The first kappa shape index (κ1) is 13.5. The zero-order valence-corrected chi connectivity index (χ0v) is 11.8. The summed E-state index contributed by atoms with van der Waals surface area (Å²) in [7, 11) is 0. The van der Waals surface area contributed by atoms with E-state index < -0.39 is 0 Å². The first-order chi connectivity index (χ1) is 9.24. The highest BCUT2D eigenvalue weighted by Gasteiger charge is 2.10. The molecule has 0 radical (unpaired) electrons. The number of rotatable bonds is 4. The van der Waals surface area contributed by atoms with Gasteiger partial charge in [0.1, 0.15) is 23.1 Å². The molecule has 0 saturated heterocycles. The van der Waals surface area contributed by atoms with Crippen molar-refractivity contribution in [2.45, 2.75) is 18.7 Å². The molecule has 2 nitrogen and oxygen atoms in total. The van der Waals surface area contributed by atoms with Gasteiger partial charge >= 0.3 is 0 Å². The maximum atomic E-state index is 9.32. The monoisotopic (exact) mass is 269 g/mol. The molecule has 0 unspecified atom stereocenters. The molecular weight excluding hydrogens is 254 g/mol. The largest absolute Gasteiger partial charge is 0.456 e. The lowest BCUT2D eigenvalue weighted by Crippen LogP contribution is -1.91. The molecule has 0 atom stereocenters. The molecule has 0 heterocycles. The first-order valence-electron chi connectivity index (χ1n) is 6.15. The van der Waals surface area contributed by atoms with Crippen LogP contribution >= 0.6 is 11.8 Å². The van der Waals surface area contributed by atoms with Gasteiger partial charge in [-0.3, -0.25) is 0 Å². The van der Waals surface area contributed by atoms with Crippen molar-refractivity contribution in [2.75, 3.05) is 5.75 Å². The number of nitriles is 1. The van der Waals surface area contributed by atoms with Gasteiger partial charge in [0.05, 0.1) is 0 Å². The molecule has 0 aliphatic carbocycles. The molecule has 0 fully saturated rings. The van der Waals surface area contributed by atoms with Crippen molar-refractivity contribution >= 4 is 11.8 Å². The highest BCUT2D eigenvalue weighted by Crippen LogP contribution is 2.32. The van der Waals surface area contributed by atoms with Crippen molar-refractivity contribution in [1.29, 1.82) is 5.26 Å². The summed E-state index contributed by atoms with van der Waals surface area (Å²) in [5.74, 6) is 2.31. The molecule has 0 spiro atoms. The minimum Gasteiger partial charge on any atom is -0.456 e. The van der Waals surface area contributed by atoms with Gasteiger partial charge in [-0.05, 0) is 42.5 Å². The lowest BCUT2D eigenvalue weighted by atomic mass is 10.2. The van der Waals surface area contributed by atoms with E-state index in [0.717, 1.165) is 22.0 Å². The summed E-state index contributed by atoms with van der Waals surface area (Å²) in [4.78, 5) is 0.968. The lowest BCUT2D eigenvalue weighted by molar-refractivity contribution is 0.479. The van der Waals surface area contributed by atoms with Crippen LogP contribution in [0.15, 0.2) is 47.4 Å². The smallest absolute Gasteiger partial charge is 0.146 e. The van der Waals surface area contributed by atoms with Crippen LogP contribution in [0.25, 0.3) is 0 Å². The van der Waals surface area contributed by atoms with Crippen molar-refractivity contribution in [3.8, 4) is 17.6 Å². The van der Waals surface area contributed by atoms with Crippen molar-refractivity contribution in [3.63, 3.8) is 0 Å². The van der Waals surface area contributed by atoms with E-state index >= 15 is 0 Å². The Balaban J connectivity index is 2.35. The predicted molar refractivity (Wildman–Crippen MR) is 78.8 cm³/mol. The normalized spacial score (nSPS) is 9.95. The van der Waals surface area contributed by atoms with E-state index in [4.69, 9.17) is 4.74 Å². The highest BCUT2D eigenvalue weighted by atomic mass is 32.2. The zero-order valence-electron chi connectivity index (χ0n) is 11.0. The topological polar surface area (TPSA) is 33.0 Å². The van der Waals surface area contributed by atoms with E-state index in [1.54, 1.807) is 11.8 Å². The van der Waals surface area contributed by atoms with Crippen molar-refractivity contribution in [2.24, 2.45) is 0 Å². The number of thioether (sulfide) groups is 1. The van der Waals surface area contributed by atoms with E-state index in [-0.39, 0.29) is 0 Å². The molecule has 2 aromatic rings. The molecule has 0 N–H and O–H groups in total. The van der Waals surface area contributed by atoms with Crippen LogP contribution < -0.4 is 4.74 Å². The third kappa shape index (κ3) is 3.30. The first-order valence-corrected chi connectivity index (χ1v) is 7.13. The van der Waals surface area contributed by atoms with Crippen LogP contribution in [0.3, 0.4) is 0 Å². The Kier molecular flexibility index (Phi) is 4.48. The van der Waals surface area contributed by atoms with Gasteiger partial charge in [0, 0.05) is 4.90 Å². The van der Waals surface area contributed by atoms with Crippen molar-refractivity contribution < 1.29 is 4.74 Å². The summed E-state index contributed by atoms with van der Waals surface area (Å²) < 4.78 is 5.83. The maximum absolute atomic E-state index is 9.32. The van der Waals surface area contributed by atoms with Crippen LogP contribution in [0.4, 0.5) is 0 Å². The Labute approximate surface area is 118 Å². The zero-order chi connectivity index (χ0) is 13.7. The molecule has 3 heteroatoms. The minimum atomic E-state index is 0.607. The molecule has 0 amide bonds. The summed E-state index contributed by atoms with van der Waals surface area (Å²) >= 11 is 1.65. The summed E-state index contributed by atoms with van der Waals surface area (Å²) in [5, 5.41) is 9.32. The molecule has 0 saturated carbocycles. The van der Waals surface area contributed by atoms with E-state index in [9.17, 15) is 5.26 Å².